The van der Waals surface area contributed by atoms with Crippen molar-refractivity contribution in [2.24, 2.45) is 5.92 Å². The van der Waals surface area contributed by atoms with E-state index in [1.807, 2.05) is 0 Å². The van der Waals surface area contributed by atoms with Crippen molar-refractivity contribution in [3.63, 3.8) is 0 Å². The molecule has 2 unspecified atom stereocenters. The van der Waals surface area contributed by atoms with Crippen molar-refractivity contribution in [3.05, 3.63) is 12.7 Å². The van der Waals surface area contributed by atoms with Crippen molar-refractivity contribution in [3.8, 4) is 0 Å². The number of nitrogen functional groups attached to an aromatic ring is 1. The fraction of sp³-hybridized carbons (Fsp3) is 0.688. The number of fused-ring (bicyclic) bond motifs is 7. The Morgan fingerprint density at radius 1 is 1.15 bits per heavy atom. The SMILES string of the molecule is Nc1c2ncn3c2nc[n+]1[C@@H]1C[C@H](COP(=O)([O-])OP(=O)(O)OC[C@H]2O[C@@H]3[C@H](O)[C@@H]2O)[C@@H](O)C1. The summed E-state index contributed by atoms with van der Waals surface area (Å²) in [5.41, 5.74) is 6.83. The van der Waals surface area contributed by atoms with Gasteiger partial charge in [-0.05, 0) is 6.42 Å². The molecule has 3 aliphatic heterocycles. The monoisotopic (exact) mass is 523 g/mol. The first-order valence-corrected chi connectivity index (χ1v) is 13.3. The van der Waals surface area contributed by atoms with Crippen LogP contribution in [0.3, 0.4) is 0 Å². The van der Waals surface area contributed by atoms with Gasteiger partial charge in [0.2, 0.25) is 12.0 Å². The van der Waals surface area contributed by atoms with Crippen LogP contribution in [0.5, 0.6) is 0 Å². The largest absolute Gasteiger partial charge is 0.756 e. The van der Waals surface area contributed by atoms with Gasteiger partial charge in [-0.1, -0.05) is 4.98 Å². The van der Waals surface area contributed by atoms with Gasteiger partial charge in [-0.3, -0.25) is 13.7 Å². The molecule has 1 saturated heterocycles. The highest BCUT2D eigenvalue weighted by Gasteiger charge is 2.46. The van der Waals surface area contributed by atoms with Crippen molar-refractivity contribution in [2.75, 3.05) is 18.9 Å². The highest BCUT2D eigenvalue weighted by molar-refractivity contribution is 7.60. The van der Waals surface area contributed by atoms with E-state index in [1.54, 1.807) is 4.57 Å². The summed E-state index contributed by atoms with van der Waals surface area (Å²) < 4.78 is 46.3. The van der Waals surface area contributed by atoms with Gasteiger partial charge in [0.25, 0.3) is 13.6 Å². The average molecular weight is 523 g/mol. The second-order valence-electron chi connectivity index (χ2n) is 8.45. The summed E-state index contributed by atoms with van der Waals surface area (Å²) in [6, 6.07) is -0.372. The fourth-order valence-electron chi connectivity index (χ4n) is 4.55. The second-order valence-corrected chi connectivity index (χ2v) is 11.5. The summed E-state index contributed by atoms with van der Waals surface area (Å²) >= 11 is 0. The molecule has 9 atom stereocenters. The number of rotatable bonds is 0. The molecule has 1 saturated carbocycles. The molecule has 0 spiro atoms. The first-order chi connectivity index (χ1) is 16.0. The minimum Gasteiger partial charge on any atom is -0.756 e. The number of aliphatic hydroxyl groups excluding tert-OH is 3. The third-order valence-electron chi connectivity index (χ3n) is 6.28. The van der Waals surface area contributed by atoms with E-state index in [0.29, 0.717) is 0 Å². The number of phosphoric acid groups is 2. The summed E-state index contributed by atoms with van der Waals surface area (Å²) in [6.45, 7) is -1.31. The predicted molar refractivity (Wildman–Crippen MR) is 106 cm³/mol. The number of hydrogen-bond acceptors (Lipinski definition) is 13. The maximum Gasteiger partial charge on any atom is 0.478 e. The number of aliphatic hydroxyl groups is 3. The molecule has 34 heavy (non-hydrogen) atoms. The molecule has 1 aliphatic carbocycles. The normalized spacial score (nSPS) is 43.4. The van der Waals surface area contributed by atoms with Gasteiger partial charge >= 0.3 is 7.82 Å². The second kappa shape index (κ2) is 8.54. The summed E-state index contributed by atoms with van der Waals surface area (Å²) in [7, 11) is -10.5. The average Bonchev–Trinajstić information content (AvgIpc) is 3.41. The van der Waals surface area contributed by atoms with Crippen LogP contribution in [-0.4, -0.2) is 72.4 Å². The van der Waals surface area contributed by atoms with E-state index in [4.69, 9.17) is 15.0 Å². The van der Waals surface area contributed by atoms with E-state index in [2.05, 4.69) is 18.8 Å². The number of hydrogen-bond donors (Lipinski definition) is 5. The number of ether oxygens (including phenoxy) is 1. The molecule has 4 aliphatic rings. The van der Waals surface area contributed by atoms with E-state index >= 15 is 0 Å². The zero-order valence-electron chi connectivity index (χ0n) is 17.4. The summed E-state index contributed by atoms with van der Waals surface area (Å²) in [5.74, 6) is -0.431. The molecule has 5 heterocycles. The van der Waals surface area contributed by atoms with E-state index in [-0.39, 0.29) is 35.9 Å². The first kappa shape index (κ1) is 24.2. The molecule has 188 valence electrons. The lowest BCUT2D eigenvalue weighted by Gasteiger charge is -2.27. The molecule has 18 heteroatoms. The lowest BCUT2D eigenvalue weighted by atomic mass is 10.1. The summed E-state index contributed by atoms with van der Waals surface area (Å²) in [6.07, 6.45) is -3.36. The van der Waals surface area contributed by atoms with Crippen molar-refractivity contribution in [2.45, 2.75) is 49.5 Å². The minimum absolute atomic E-state index is 0.209. The highest BCUT2D eigenvalue weighted by Crippen LogP contribution is 2.58. The Morgan fingerprint density at radius 3 is 2.68 bits per heavy atom. The van der Waals surface area contributed by atoms with E-state index in [9.17, 15) is 34.2 Å². The number of nitrogens with two attached hydrogens (primary N) is 1. The number of anilines is 1. The van der Waals surface area contributed by atoms with Crippen LogP contribution >= 0.6 is 15.6 Å². The molecule has 0 amide bonds. The zero-order valence-corrected chi connectivity index (χ0v) is 19.2. The Bertz CT molecular complexity index is 1200. The Morgan fingerprint density at radius 2 is 1.91 bits per heavy atom. The standard InChI is InChI=1S/C16H23N5O11P2/c17-14-11-15-19-6-20(14)8-1-7(9(22)2-8)3-29-33(25,26)32-34(27,28)30-4-10-12(23)13(24)16(31-10)21(15)5-18-11/h5-10,12-13,16-17,22-24H,1-4H2,(H2,25,26,27,28)/t7-,8-,9+,10-,12-,13-,16-/m1/s1. The Balaban J connectivity index is 1.55. The topological polar surface area (TPSA) is 236 Å². The predicted octanol–water partition coefficient (Wildman–Crippen LogP) is -2.14. The van der Waals surface area contributed by atoms with Crippen molar-refractivity contribution in [1.82, 2.24) is 14.5 Å². The Kier molecular flexibility index (Phi) is 6.06. The van der Waals surface area contributed by atoms with Gasteiger partial charge in [-0.25, -0.2) is 18.4 Å². The molecular formula is C16H23N5O11P2. The van der Waals surface area contributed by atoms with Crippen LogP contribution < -0.4 is 15.2 Å². The Hall–Kier alpha value is -1.55. The smallest absolute Gasteiger partial charge is 0.478 e. The maximum atomic E-state index is 12.1. The molecule has 0 radical (unpaired) electrons. The minimum atomic E-state index is -5.32. The van der Waals surface area contributed by atoms with Gasteiger partial charge in [0.15, 0.2) is 11.7 Å². The van der Waals surface area contributed by atoms with Crippen LogP contribution in [0.1, 0.15) is 25.1 Å². The molecular weight excluding hydrogens is 500 g/mol. The molecule has 2 aromatic rings. The lowest BCUT2D eigenvalue weighted by Crippen LogP contribution is -2.42. The van der Waals surface area contributed by atoms with Crippen molar-refractivity contribution < 1.29 is 56.9 Å². The molecule has 16 nitrogen and oxygen atoms in total. The molecule has 2 aromatic heterocycles. The van der Waals surface area contributed by atoms with Crippen LogP contribution in [-0.2, 0) is 27.2 Å². The molecule has 8 bridgehead atoms. The molecule has 2 fully saturated rings. The number of nitrogens with zero attached hydrogens (tertiary/aromatic N) is 4. The molecule has 6 rings (SSSR count). The van der Waals surface area contributed by atoms with Crippen LogP contribution in [0.15, 0.2) is 12.7 Å². The van der Waals surface area contributed by atoms with Gasteiger partial charge in [0.1, 0.15) is 24.6 Å². The lowest BCUT2D eigenvalue weighted by molar-refractivity contribution is -0.710. The Labute approximate surface area is 191 Å². The van der Waals surface area contributed by atoms with E-state index < -0.39 is 65.4 Å². The number of imidazole rings is 1. The van der Waals surface area contributed by atoms with Crippen LogP contribution in [0.2, 0.25) is 0 Å². The zero-order chi connectivity index (χ0) is 24.4. The van der Waals surface area contributed by atoms with E-state index in [1.165, 1.54) is 17.2 Å². The molecule has 0 aromatic carbocycles. The van der Waals surface area contributed by atoms with Crippen LogP contribution in [0.4, 0.5) is 5.82 Å². The summed E-state index contributed by atoms with van der Waals surface area (Å²) in [5, 5.41) is 31.2. The van der Waals surface area contributed by atoms with Crippen LogP contribution in [0.25, 0.3) is 11.2 Å². The third kappa shape index (κ3) is 4.29. The van der Waals surface area contributed by atoms with Crippen molar-refractivity contribution in [1.29, 1.82) is 0 Å². The number of phosphoric ester groups is 2. The molecule has 6 N–H and O–H groups in total. The van der Waals surface area contributed by atoms with Gasteiger partial charge in [-0.2, -0.15) is 0 Å². The maximum absolute atomic E-state index is 12.1. The van der Waals surface area contributed by atoms with Gasteiger partial charge < -0.3 is 40.1 Å². The third-order valence-corrected chi connectivity index (χ3v) is 8.85. The highest BCUT2D eigenvalue weighted by atomic mass is 31.3. The quantitative estimate of drug-likeness (QED) is 0.183. The number of aromatic nitrogens is 4. The van der Waals surface area contributed by atoms with Crippen molar-refractivity contribution >= 4 is 32.6 Å². The van der Waals surface area contributed by atoms with Gasteiger partial charge in [0, 0.05) is 12.3 Å². The van der Waals surface area contributed by atoms with E-state index in [0.717, 1.165) is 0 Å². The summed E-state index contributed by atoms with van der Waals surface area (Å²) in [4.78, 5) is 30.5. The van der Waals surface area contributed by atoms with Crippen LogP contribution in [0, 0.1) is 5.92 Å². The first-order valence-electron chi connectivity index (χ1n) is 10.3. The fourth-order valence-corrected chi connectivity index (χ4v) is 6.64. The van der Waals surface area contributed by atoms with Gasteiger partial charge in [-0.15, -0.1) is 0 Å². The van der Waals surface area contributed by atoms with Gasteiger partial charge in [0.05, 0.1) is 25.4 Å².